The molecule has 0 bridgehead atoms. The van der Waals surface area contributed by atoms with Crippen LogP contribution in [0.5, 0.6) is 0 Å². The maximum absolute atomic E-state index is 11.7. The summed E-state index contributed by atoms with van der Waals surface area (Å²) >= 11 is 4.53. The summed E-state index contributed by atoms with van der Waals surface area (Å²) in [5, 5.41) is 0. The van der Waals surface area contributed by atoms with Crippen molar-refractivity contribution in [3.63, 3.8) is 0 Å². The molecule has 1 saturated carbocycles. The van der Waals surface area contributed by atoms with Crippen molar-refractivity contribution in [2.45, 2.75) is 44.8 Å². The fraction of sp³-hybridized carbons (Fsp3) is 0.900. The standard InChI is InChI=1S/C10H18OS/c1-7(2)10(12)5-4-8(3)6-9(10)11/h7-8,12H,4-6H2,1-3H3/t8-,10+/m0/s1. The number of ketones is 1. The Morgan fingerprint density at radius 2 is 2.17 bits per heavy atom. The molecule has 0 amide bonds. The molecule has 0 aromatic heterocycles. The number of carbonyl (C=O) groups is 1. The Morgan fingerprint density at radius 3 is 2.58 bits per heavy atom. The zero-order chi connectivity index (χ0) is 9.35. The summed E-state index contributed by atoms with van der Waals surface area (Å²) in [5.74, 6) is 1.27. The summed E-state index contributed by atoms with van der Waals surface area (Å²) in [4.78, 5) is 11.7. The average Bonchev–Trinajstić information content (AvgIpc) is 1.97. The normalized spacial score (nSPS) is 37.4. The number of rotatable bonds is 1. The van der Waals surface area contributed by atoms with Gasteiger partial charge in [0, 0.05) is 6.42 Å². The number of carbonyl (C=O) groups excluding carboxylic acids is 1. The molecular formula is C10H18OS. The molecule has 1 nitrogen and oxygen atoms in total. The van der Waals surface area contributed by atoms with Crippen molar-refractivity contribution in [1.82, 2.24) is 0 Å². The average molecular weight is 186 g/mol. The van der Waals surface area contributed by atoms with E-state index >= 15 is 0 Å². The fourth-order valence-corrected chi connectivity index (χ4v) is 2.03. The van der Waals surface area contributed by atoms with Gasteiger partial charge in [-0.25, -0.2) is 0 Å². The molecule has 2 heteroatoms. The summed E-state index contributed by atoms with van der Waals surface area (Å²) in [6, 6.07) is 0. The molecule has 0 aromatic rings. The van der Waals surface area contributed by atoms with Crippen LogP contribution in [0.15, 0.2) is 0 Å². The molecule has 2 atom stereocenters. The number of hydrogen-bond donors (Lipinski definition) is 1. The monoisotopic (exact) mass is 186 g/mol. The SMILES string of the molecule is CC(C)[C@]1(S)CC[C@H](C)CC1=O. The molecule has 0 aliphatic heterocycles. The third-order valence-corrected chi connectivity index (χ3v) is 3.98. The first-order valence-electron chi connectivity index (χ1n) is 4.72. The van der Waals surface area contributed by atoms with Gasteiger partial charge in [-0.3, -0.25) is 4.79 Å². The predicted molar refractivity (Wildman–Crippen MR) is 54.6 cm³/mol. The van der Waals surface area contributed by atoms with Crippen molar-refractivity contribution in [3.05, 3.63) is 0 Å². The fourth-order valence-electron chi connectivity index (χ4n) is 1.81. The van der Waals surface area contributed by atoms with Gasteiger partial charge in [0.1, 0.15) is 5.78 Å². The van der Waals surface area contributed by atoms with Crippen LogP contribution < -0.4 is 0 Å². The minimum absolute atomic E-state index is 0.327. The molecule has 12 heavy (non-hydrogen) atoms. The molecular weight excluding hydrogens is 168 g/mol. The summed E-state index contributed by atoms with van der Waals surface area (Å²) in [6.45, 7) is 6.31. The van der Waals surface area contributed by atoms with E-state index in [2.05, 4.69) is 33.4 Å². The predicted octanol–water partition coefficient (Wildman–Crippen LogP) is 2.70. The van der Waals surface area contributed by atoms with Crippen LogP contribution in [0.25, 0.3) is 0 Å². The second-order valence-corrected chi connectivity index (χ2v) is 5.15. The van der Waals surface area contributed by atoms with E-state index in [1.54, 1.807) is 0 Å². The quantitative estimate of drug-likeness (QED) is 0.623. The van der Waals surface area contributed by atoms with E-state index in [9.17, 15) is 4.79 Å². The van der Waals surface area contributed by atoms with Crippen LogP contribution in [-0.2, 0) is 4.79 Å². The van der Waals surface area contributed by atoms with E-state index in [0.717, 1.165) is 19.3 Å². The highest BCUT2D eigenvalue weighted by atomic mass is 32.1. The van der Waals surface area contributed by atoms with Gasteiger partial charge in [0.25, 0.3) is 0 Å². The van der Waals surface area contributed by atoms with Gasteiger partial charge in [-0.2, -0.15) is 12.6 Å². The van der Waals surface area contributed by atoms with Crippen LogP contribution in [0.4, 0.5) is 0 Å². The molecule has 0 spiro atoms. The van der Waals surface area contributed by atoms with E-state index in [-0.39, 0.29) is 4.75 Å². The number of thiol groups is 1. The lowest BCUT2D eigenvalue weighted by Crippen LogP contribution is -2.42. The highest BCUT2D eigenvalue weighted by molar-refractivity contribution is 7.82. The Hall–Kier alpha value is 0.0200. The summed E-state index contributed by atoms with van der Waals surface area (Å²) in [5.41, 5.74) is 0. The molecule has 1 fully saturated rings. The van der Waals surface area contributed by atoms with Crippen LogP contribution in [0, 0.1) is 11.8 Å². The summed E-state index contributed by atoms with van der Waals surface area (Å²) < 4.78 is -0.327. The van der Waals surface area contributed by atoms with E-state index in [0.29, 0.717) is 17.6 Å². The Morgan fingerprint density at radius 1 is 1.58 bits per heavy atom. The van der Waals surface area contributed by atoms with Gasteiger partial charge in [-0.1, -0.05) is 20.8 Å². The van der Waals surface area contributed by atoms with Gasteiger partial charge in [0.2, 0.25) is 0 Å². The number of Topliss-reactive ketones (excluding diaryl/α,β-unsaturated/α-hetero) is 1. The first kappa shape index (κ1) is 10.1. The molecule has 0 saturated heterocycles. The highest BCUT2D eigenvalue weighted by Gasteiger charge is 2.40. The van der Waals surface area contributed by atoms with Crippen LogP contribution in [-0.4, -0.2) is 10.5 Å². The molecule has 0 radical (unpaired) electrons. The van der Waals surface area contributed by atoms with Gasteiger partial charge >= 0.3 is 0 Å². The van der Waals surface area contributed by atoms with E-state index in [4.69, 9.17) is 0 Å². The molecule has 1 aliphatic rings. The van der Waals surface area contributed by atoms with Crippen molar-refractivity contribution in [1.29, 1.82) is 0 Å². The smallest absolute Gasteiger partial charge is 0.149 e. The molecule has 0 aromatic carbocycles. The van der Waals surface area contributed by atoms with E-state index < -0.39 is 0 Å². The van der Waals surface area contributed by atoms with Crippen molar-refractivity contribution >= 4 is 18.4 Å². The highest BCUT2D eigenvalue weighted by Crippen LogP contribution is 2.38. The van der Waals surface area contributed by atoms with Gasteiger partial charge in [-0.05, 0) is 24.7 Å². The van der Waals surface area contributed by atoms with Crippen molar-refractivity contribution in [2.75, 3.05) is 0 Å². The first-order valence-corrected chi connectivity index (χ1v) is 5.17. The third kappa shape index (κ3) is 1.68. The van der Waals surface area contributed by atoms with Gasteiger partial charge < -0.3 is 0 Å². The van der Waals surface area contributed by atoms with Crippen LogP contribution >= 0.6 is 12.6 Å². The lowest BCUT2D eigenvalue weighted by atomic mass is 9.76. The van der Waals surface area contributed by atoms with Gasteiger partial charge in [-0.15, -0.1) is 0 Å². The van der Waals surface area contributed by atoms with E-state index in [1.807, 2.05) is 0 Å². The maximum Gasteiger partial charge on any atom is 0.149 e. The third-order valence-electron chi connectivity index (χ3n) is 2.99. The summed E-state index contributed by atoms with van der Waals surface area (Å²) in [6.07, 6.45) is 2.82. The topological polar surface area (TPSA) is 17.1 Å². The van der Waals surface area contributed by atoms with Crippen LogP contribution in [0.2, 0.25) is 0 Å². The minimum Gasteiger partial charge on any atom is -0.298 e. The molecule has 0 unspecified atom stereocenters. The second-order valence-electron chi connectivity index (χ2n) is 4.35. The lowest BCUT2D eigenvalue weighted by Gasteiger charge is -2.37. The lowest BCUT2D eigenvalue weighted by molar-refractivity contribution is -0.125. The Labute approximate surface area is 80.3 Å². The van der Waals surface area contributed by atoms with Crippen LogP contribution in [0.1, 0.15) is 40.0 Å². The maximum atomic E-state index is 11.7. The first-order chi connectivity index (χ1) is 5.47. The molecule has 70 valence electrons. The summed E-state index contributed by atoms with van der Waals surface area (Å²) in [7, 11) is 0. The van der Waals surface area contributed by atoms with Crippen LogP contribution in [0.3, 0.4) is 0 Å². The minimum atomic E-state index is -0.327. The van der Waals surface area contributed by atoms with Gasteiger partial charge in [0.05, 0.1) is 4.75 Å². The molecule has 1 aliphatic carbocycles. The van der Waals surface area contributed by atoms with E-state index in [1.165, 1.54) is 0 Å². The Kier molecular flexibility index (Phi) is 2.87. The van der Waals surface area contributed by atoms with Crippen molar-refractivity contribution in [2.24, 2.45) is 11.8 Å². The molecule has 1 rings (SSSR count). The van der Waals surface area contributed by atoms with Crippen molar-refractivity contribution in [3.8, 4) is 0 Å². The zero-order valence-corrected chi connectivity index (χ0v) is 9.03. The van der Waals surface area contributed by atoms with Crippen molar-refractivity contribution < 1.29 is 4.79 Å². The van der Waals surface area contributed by atoms with Gasteiger partial charge in [0.15, 0.2) is 0 Å². The number of hydrogen-bond acceptors (Lipinski definition) is 2. The Bertz CT molecular complexity index is 188. The second kappa shape index (κ2) is 3.41. The Balaban J connectivity index is 2.73. The largest absolute Gasteiger partial charge is 0.298 e. The zero-order valence-electron chi connectivity index (χ0n) is 8.13. The molecule has 0 N–H and O–H groups in total. The molecule has 0 heterocycles.